The second-order valence-electron chi connectivity index (χ2n) is 4.63. The van der Waals surface area contributed by atoms with Gasteiger partial charge in [-0.3, -0.25) is 5.43 Å². The molecular formula is C16H12N6S. The molecule has 1 aromatic carbocycles. The highest BCUT2D eigenvalue weighted by molar-refractivity contribution is 7.12. The molecule has 2 heterocycles. The number of hydrogen-bond acceptors (Lipinski definition) is 7. The number of nitriles is 1. The summed E-state index contributed by atoms with van der Waals surface area (Å²) in [4.78, 5) is 12.7. The quantitative estimate of drug-likeness (QED) is 0.589. The zero-order valence-corrected chi connectivity index (χ0v) is 13.1. The molecule has 0 saturated carbocycles. The van der Waals surface area contributed by atoms with Gasteiger partial charge in [-0.05, 0) is 37.3 Å². The number of rotatable bonds is 4. The highest BCUT2D eigenvalue weighted by Gasteiger charge is 2.07. The van der Waals surface area contributed by atoms with Crippen LogP contribution < -0.4 is 5.43 Å². The van der Waals surface area contributed by atoms with Gasteiger partial charge in [0.25, 0.3) is 0 Å². The lowest BCUT2D eigenvalue weighted by Crippen LogP contribution is -2.01. The highest BCUT2D eigenvalue weighted by Crippen LogP contribution is 2.17. The molecule has 0 amide bonds. The molecule has 0 unspecified atom stereocenters. The molecule has 0 bridgehead atoms. The van der Waals surface area contributed by atoms with E-state index < -0.39 is 0 Å². The molecule has 7 heteroatoms. The second-order valence-corrected chi connectivity index (χ2v) is 5.49. The first-order valence-electron chi connectivity index (χ1n) is 6.80. The third-order valence-electron chi connectivity index (χ3n) is 2.93. The second kappa shape index (κ2) is 6.77. The Morgan fingerprint density at radius 1 is 1.22 bits per heavy atom. The summed E-state index contributed by atoms with van der Waals surface area (Å²) >= 11 is 1.40. The smallest absolute Gasteiger partial charge is 0.196 e. The van der Waals surface area contributed by atoms with Crippen molar-refractivity contribution in [2.75, 3.05) is 5.43 Å². The molecule has 0 atom stereocenters. The molecule has 1 N–H and O–H groups in total. The lowest BCUT2D eigenvalue weighted by atomic mass is 10.2. The third-order valence-corrected chi connectivity index (χ3v) is 3.90. The summed E-state index contributed by atoms with van der Waals surface area (Å²) in [6.07, 6.45) is 3.40. The number of aryl methyl sites for hydroxylation is 1. The number of nitrogens with zero attached hydrogens (tertiary/aromatic N) is 5. The molecule has 3 aromatic rings. The molecule has 3 rings (SSSR count). The molecule has 2 aromatic heterocycles. The fourth-order valence-corrected chi connectivity index (χ4v) is 2.58. The fraction of sp³-hybridized carbons (Fsp3) is 0.0625. The van der Waals surface area contributed by atoms with Crippen molar-refractivity contribution >= 4 is 22.7 Å². The Kier molecular flexibility index (Phi) is 4.36. The third kappa shape index (κ3) is 3.56. The average molecular weight is 320 g/mol. The lowest BCUT2D eigenvalue weighted by Gasteiger charge is -2.03. The first-order chi connectivity index (χ1) is 11.3. The van der Waals surface area contributed by atoms with E-state index in [0.717, 1.165) is 16.9 Å². The summed E-state index contributed by atoms with van der Waals surface area (Å²) < 4.78 is 0. The van der Waals surface area contributed by atoms with Crippen LogP contribution in [0, 0.1) is 18.3 Å². The van der Waals surface area contributed by atoms with Crippen molar-refractivity contribution in [3.05, 3.63) is 58.8 Å². The summed E-state index contributed by atoms with van der Waals surface area (Å²) in [5.74, 6) is 0.665. The Balaban J connectivity index is 1.76. The number of aromatic nitrogens is 3. The Hall–Kier alpha value is -3.11. The topological polar surface area (TPSA) is 86.9 Å². The van der Waals surface area contributed by atoms with E-state index in [0.29, 0.717) is 10.8 Å². The van der Waals surface area contributed by atoms with Crippen LogP contribution in [0.15, 0.2) is 53.2 Å². The van der Waals surface area contributed by atoms with E-state index in [1.54, 1.807) is 18.5 Å². The van der Waals surface area contributed by atoms with Gasteiger partial charge < -0.3 is 0 Å². The zero-order valence-electron chi connectivity index (χ0n) is 12.3. The molecule has 0 spiro atoms. The molecule has 112 valence electrons. The van der Waals surface area contributed by atoms with Crippen LogP contribution in [0.3, 0.4) is 0 Å². The SMILES string of the molecule is Cc1csc(C(C#N)=NNc2ccc(-c3ncccn3)cc2)n1. The first-order valence-corrected chi connectivity index (χ1v) is 7.68. The van der Waals surface area contributed by atoms with Crippen LogP contribution in [0.25, 0.3) is 11.4 Å². The van der Waals surface area contributed by atoms with E-state index in [1.165, 1.54) is 11.3 Å². The molecule has 0 aliphatic carbocycles. The van der Waals surface area contributed by atoms with E-state index in [2.05, 4.69) is 31.5 Å². The number of hydrogen-bond donors (Lipinski definition) is 1. The van der Waals surface area contributed by atoms with Crippen molar-refractivity contribution in [2.45, 2.75) is 6.92 Å². The standard InChI is InChI=1S/C16H12N6S/c1-11-10-23-16(20-11)14(9-17)22-21-13-5-3-12(4-6-13)15-18-7-2-8-19-15/h2-8,10,21H,1H3. The molecule has 23 heavy (non-hydrogen) atoms. The van der Waals surface area contributed by atoms with Crippen LogP contribution >= 0.6 is 11.3 Å². The van der Waals surface area contributed by atoms with Gasteiger partial charge in [0, 0.05) is 29.0 Å². The number of nitrogens with one attached hydrogen (secondary N) is 1. The van der Waals surface area contributed by atoms with Gasteiger partial charge in [-0.15, -0.1) is 11.3 Å². The van der Waals surface area contributed by atoms with Crippen LogP contribution in [-0.4, -0.2) is 20.7 Å². The monoisotopic (exact) mass is 320 g/mol. The van der Waals surface area contributed by atoms with E-state index in [4.69, 9.17) is 0 Å². The maximum atomic E-state index is 9.19. The summed E-state index contributed by atoms with van der Waals surface area (Å²) in [5.41, 5.74) is 5.69. The Bertz CT molecular complexity index is 862. The van der Waals surface area contributed by atoms with Crippen molar-refractivity contribution in [1.82, 2.24) is 15.0 Å². The van der Waals surface area contributed by atoms with Gasteiger partial charge >= 0.3 is 0 Å². The Morgan fingerprint density at radius 3 is 2.57 bits per heavy atom. The van der Waals surface area contributed by atoms with Crippen molar-refractivity contribution < 1.29 is 0 Å². The number of hydrazone groups is 1. The molecule has 0 aliphatic heterocycles. The van der Waals surface area contributed by atoms with Gasteiger partial charge in [0.2, 0.25) is 0 Å². The largest absolute Gasteiger partial charge is 0.277 e. The van der Waals surface area contributed by atoms with Gasteiger partial charge in [-0.25, -0.2) is 15.0 Å². The van der Waals surface area contributed by atoms with Crippen molar-refractivity contribution in [1.29, 1.82) is 5.26 Å². The van der Waals surface area contributed by atoms with Crippen LogP contribution in [0.2, 0.25) is 0 Å². The predicted octanol–water partition coefficient (Wildman–Crippen LogP) is 3.25. The van der Waals surface area contributed by atoms with E-state index in [9.17, 15) is 5.26 Å². The number of thiazole rings is 1. The average Bonchev–Trinajstić information content (AvgIpc) is 3.03. The Labute approximate surface area is 137 Å². The Morgan fingerprint density at radius 2 is 1.96 bits per heavy atom. The zero-order chi connectivity index (χ0) is 16.1. The summed E-state index contributed by atoms with van der Waals surface area (Å²) in [7, 11) is 0. The van der Waals surface area contributed by atoms with Crippen LogP contribution in [0.4, 0.5) is 5.69 Å². The highest BCUT2D eigenvalue weighted by atomic mass is 32.1. The molecular weight excluding hydrogens is 308 g/mol. The fourth-order valence-electron chi connectivity index (χ4n) is 1.85. The van der Waals surface area contributed by atoms with Crippen LogP contribution in [0.1, 0.15) is 10.7 Å². The molecule has 6 nitrogen and oxygen atoms in total. The minimum Gasteiger partial charge on any atom is -0.277 e. The van der Waals surface area contributed by atoms with Gasteiger partial charge in [0.05, 0.1) is 5.69 Å². The molecule has 0 saturated heterocycles. The van der Waals surface area contributed by atoms with Gasteiger partial charge in [-0.1, -0.05) is 0 Å². The minimum absolute atomic E-state index is 0.263. The number of benzene rings is 1. The predicted molar refractivity (Wildman–Crippen MR) is 90.1 cm³/mol. The summed E-state index contributed by atoms with van der Waals surface area (Å²) in [6.45, 7) is 1.88. The molecule has 0 aliphatic rings. The van der Waals surface area contributed by atoms with Crippen LogP contribution in [-0.2, 0) is 0 Å². The summed E-state index contributed by atoms with van der Waals surface area (Å²) in [5, 5.41) is 15.8. The van der Waals surface area contributed by atoms with Crippen molar-refractivity contribution in [3.63, 3.8) is 0 Å². The van der Waals surface area contributed by atoms with E-state index in [1.807, 2.05) is 36.6 Å². The van der Waals surface area contributed by atoms with E-state index >= 15 is 0 Å². The first kappa shape index (κ1) is 14.8. The molecule has 0 radical (unpaired) electrons. The van der Waals surface area contributed by atoms with Gasteiger partial charge in [-0.2, -0.15) is 10.4 Å². The summed E-state index contributed by atoms with van der Waals surface area (Å²) in [6, 6.07) is 11.3. The molecule has 0 fully saturated rings. The van der Waals surface area contributed by atoms with Gasteiger partial charge in [0.1, 0.15) is 6.07 Å². The maximum Gasteiger partial charge on any atom is 0.196 e. The van der Waals surface area contributed by atoms with Gasteiger partial charge in [0.15, 0.2) is 16.5 Å². The normalized spacial score (nSPS) is 11.0. The minimum atomic E-state index is 0.263. The van der Waals surface area contributed by atoms with Crippen LogP contribution in [0.5, 0.6) is 0 Å². The van der Waals surface area contributed by atoms with E-state index in [-0.39, 0.29) is 5.71 Å². The maximum absolute atomic E-state index is 9.19. The number of anilines is 1. The lowest BCUT2D eigenvalue weighted by molar-refractivity contribution is 1.18. The van der Waals surface area contributed by atoms with Crippen molar-refractivity contribution in [2.24, 2.45) is 5.10 Å². The van der Waals surface area contributed by atoms with Crippen molar-refractivity contribution in [3.8, 4) is 17.5 Å².